The van der Waals surface area contributed by atoms with E-state index >= 15 is 0 Å². The van der Waals surface area contributed by atoms with Gasteiger partial charge < -0.3 is 15.0 Å². The molecule has 1 unspecified atom stereocenters. The van der Waals surface area contributed by atoms with E-state index in [9.17, 15) is 0 Å². The van der Waals surface area contributed by atoms with E-state index in [0.29, 0.717) is 13.1 Å². The van der Waals surface area contributed by atoms with E-state index in [2.05, 4.69) is 74.6 Å². The Hall–Kier alpha value is -1.19. The lowest BCUT2D eigenvalue weighted by molar-refractivity contribution is 0.119. The molecule has 5 nitrogen and oxygen atoms in total. The first-order valence-corrected chi connectivity index (χ1v) is 10.7. The molecule has 0 fully saturated rings. The van der Waals surface area contributed by atoms with Crippen LogP contribution in [0.3, 0.4) is 0 Å². The maximum atomic E-state index is 5.37. The first-order valence-electron chi connectivity index (χ1n) is 9.80. The molecule has 2 rings (SSSR count). The van der Waals surface area contributed by atoms with Crippen LogP contribution in [0.5, 0.6) is 0 Å². The maximum absolute atomic E-state index is 5.37. The molecule has 2 aromatic rings. The third kappa shape index (κ3) is 7.53. The highest BCUT2D eigenvalue weighted by Gasteiger charge is 2.21. The van der Waals surface area contributed by atoms with Crippen LogP contribution in [0.2, 0.25) is 0 Å². The van der Waals surface area contributed by atoms with Gasteiger partial charge in [-0.3, -0.25) is 4.99 Å². The van der Waals surface area contributed by atoms with Crippen molar-refractivity contribution in [3.63, 3.8) is 0 Å². The number of hydrogen-bond acceptors (Lipinski definition) is 4. The van der Waals surface area contributed by atoms with E-state index in [4.69, 9.17) is 14.7 Å². The first kappa shape index (κ1) is 25.8. The predicted octanol–water partition coefficient (Wildman–Crippen LogP) is 5.15. The largest absolute Gasteiger partial charge is 0.375 e. The number of aromatic nitrogens is 1. The first-order chi connectivity index (χ1) is 13.3. The molecule has 0 saturated heterocycles. The number of rotatable bonds is 8. The number of methoxy groups -OCH3 is 1. The summed E-state index contributed by atoms with van der Waals surface area (Å²) in [5.74, 6) is 0.901. The fourth-order valence-electron chi connectivity index (χ4n) is 2.90. The van der Waals surface area contributed by atoms with Crippen molar-refractivity contribution in [2.45, 2.75) is 52.7 Å². The van der Waals surface area contributed by atoms with E-state index in [1.807, 2.05) is 6.92 Å². The van der Waals surface area contributed by atoms with Crippen LogP contribution in [-0.4, -0.2) is 43.1 Å². The number of aliphatic imine (C=N–C) groups is 1. The summed E-state index contributed by atoms with van der Waals surface area (Å²) in [4.78, 5) is 11.8. The smallest absolute Gasteiger partial charge is 0.194 e. The second-order valence-corrected chi connectivity index (χ2v) is 8.72. The quantitative estimate of drug-likeness (QED) is 0.291. The van der Waals surface area contributed by atoms with Gasteiger partial charge in [-0.1, -0.05) is 43.7 Å². The topological polar surface area (TPSA) is 49.8 Å². The zero-order chi connectivity index (χ0) is 20.7. The number of guanidine groups is 1. The average molecular weight is 531 g/mol. The van der Waals surface area contributed by atoms with E-state index in [0.717, 1.165) is 23.2 Å². The van der Waals surface area contributed by atoms with Crippen LogP contribution in [0.15, 0.2) is 34.6 Å². The van der Waals surface area contributed by atoms with E-state index in [1.54, 1.807) is 18.4 Å². The molecule has 0 amide bonds. The van der Waals surface area contributed by atoms with Gasteiger partial charge in [0.1, 0.15) is 11.1 Å². The average Bonchev–Trinajstić information content (AvgIpc) is 3.12. The Morgan fingerprint density at radius 1 is 1.38 bits per heavy atom. The van der Waals surface area contributed by atoms with Gasteiger partial charge >= 0.3 is 0 Å². The summed E-state index contributed by atoms with van der Waals surface area (Å²) in [6, 6.07) is 8.69. The summed E-state index contributed by atoms with van der Waals surface area (Å²) in [5.41, 5.74) is 3.60. The number of nitrogens with one attached hydrogen (secondary N) is 1. The Labute approximate surface area is 197 Å². The molecule has 1 N–H and O–H groups in total. The van der Waals surface area contributed by atoms with Crippen LogP contribution < -0.4 is 5.32 Å². The summed E-state index contributed by atoms with van der Waals surface area (Å²) in [6.07, 6.45) is 0.0288. The SMILES string of the molecule is CCNC(=NCC(C)(C)c1cccc(C)c1)N(C)Cc1csc(C(C)OC)n1.I. The second-order valence-electron chi connectivity index (χ2n) is 7.83. The van der Waals surface area contributed by atoms with E-state index in [-0.39, 0.29) is 35.5 Å². The lowest BCUT2D eigenvalue weighted by Crippen LogP contribution is -2.39. The Morgan fingerprint density at radius 3 is 2.72 bits per heavy atom. The van der Waals surface area contributed by atoms with Crippen LogP contribution in [0.1, 0.15) is 55.6 Å². The van der Waals surface area contributed by atoms with Crippen molar-refractivity contribution in [2.24, 2.45) is 4.99 Å². The zero-order valence-electron chi connectivity index (χ0n) is 18.7. The Kier molecular flexibility index (Phi) is 10.6. The number of thiazole rings is 1. The molecular weight excluding hydrogens is 495 g/mol. The molecule has 0 aliphatic carbocycles. The zero-order valence-corrected chi connectivity index (χ0v) is 21.8. The van der Waals surface area contributed by atoms with Gasteiger partial charge in [-0.25, -0.2) is 4.98 Å². The molecule has 0 saturated carbocycles. The summed E-state index contributed by atoms with van der Waals surface area (Å²) in [7, 11) is 3.77. The molecule has 1 atom stereocenters. The number of ether oxygens (including phenoxy) is 1. The number of benzene rings is 1. The molecular formula is C22H35IN4OS. The van der Waals surface area contributed by atoms with Gasteiger partial charge in [0.15, 0.2) is 5.96 Å². The van der Waals surface area contributed by atoms with Gasteiger partial charge in [0, 0.05) is 31.5 Å². The fourth-order valence-corrected chi connectivity index (χ4v) is 3.74. The Balaban J connectivity index is 0.00000420. The minimum atomic E-state index is -0.0325. The number of nitrogens with zero attached hydrogens (tertiary/aromatic N) is 3. The van der Waals surface area contributed by atoms with Crippen molar-refractivity contribution in [3.8, 4) is 0 Å². The molecule has 1 aromatic heterocycles. The molecule has 0 aliphatic rings. The molecule has 1 aromatic carbocycles. The van der Waals surface area contributed by atoms with Crippen molar-refractivity contribution in [3.05, 3.63) is 51.5 Å². The van der Waals surface area contributed by atoms with Crippen molar-refractivity contribution in [1.29, 1.82) is 0 Å². The number of hydrogen-bond donors (Lipinski definition) is 1. The molecule has 29 heavy (non-hydrogen) atoms. The van der Waals surface area contributed by atoms with Crippen molar-refractivity contribution >= 4 is 41.3 Å². The third-order valence-electron chi connectivity index (χ3n) is 4.79. The maximum Gasteiger partial charge on any atom is 0.194 e. The fraction of sp³-hybridized carbons (Fsp3) is 0.545. The third-order valence-corrected chi connectivity index (χ3v) is 5.84. The highest BCUT2D eigenvalue weighted by atomic mass is 127. The molecule has 0 radical (unpaired) electrons. The van der Waals surface area contributed by atoms with Gasteiger partial charge in [0.05, 0.1) is 18.8 Å². The van der Waals surface area contributed by atoms with Crippen molar-refractivity contribution in [2.75, 3.05) is 27.2 Å². The molecule has 0 spiro atoms. The van der Waals surface area contributed by atoms with Gasteiger partial charge in [-0.05, 0) is 26.3 Å². The minimum Gasteiger partial charge on any atom is -0.375 e. The predicted molar refractivity (Wildman–Crippen MR) is 135 cm³/mol. The molecule has 0 bridgehead atoms. The Morgan fingerprint density at radius 2 is 2.10 bits per heavy atom. The highest BCUT2D eigenvalue weighted by molar-refractivity contribution is 14.0. The van der Waals surface area contributed by atoms with Crippen molar-refractivity contribution in [1.82, 2.24) is 15.2 Å². The summed E-state index contributed by atoms with van der Waals surface area (Å²) in [5, 5.41) is 6.51. The normalized spacial score (nSPS) is 13.0. The highest BCUT2D eigenvalue weighted by Crippen LogP contribution is 2.25. The van der Waals surface area contributed by atoms with Crippen LogP contribution in [0.25, 0.3) is 0 Å². The van der Waals surface area contributed by atoms with Gasteiger partial charge in [-0.15, -0.1) is 35.3 Å². The van der Waals surface area contributed by atoms with Crippen LogP contribution in [0, 0.1) is 6.92 Å². The number of aryl methyl sites for hydroxylation is 1. The lowest BCUT2D eigenvalue weighted by Gasteiger charge is -2.26. The van der Waals surface area contributed by atoms with Gasteiger partial charge in [0.25, 0.3) is 0 Å². The number of halogens is 1. The van der Waals surface area contributed by atoms with Crippen molar-refractivity contribution < 1.29 is 4.74 Å². The second kappa shape index (κ2) is 11.9. The molecule has 7 heteroatoms. The van der Waals surface area contributed by atoms with Crippen LogP contribution in [-0.2, 0) is 16.7 Å². The standard InChI is InChI=1S/C22H34N4OS.HI/c1-8-23-21(24-15-22(4,5)18-11-9-10-16(2)12-18)26(6)13-19-14-28-20(25-19)17(3)27-7;/h9-12,14,17H,8,13,15H2,1-7H3,(H,23,24);1H. The monoisotopic (exact) mass is 530 g/mol. The molecule has 0 aliphatic heterocycles. The summed E-state index contributed by atoms with van der Waals surface area (Å²) in [6.45, 7) is 13.0. The van der Waals surface area contributed by atoms with Crippen LogP contribution >= 0.6 is 35.3 Å². The Bertz CT molecular complexity index is 791. The van der Waals surface area contributed by atoms with E-state index < -0.39 is 0 Å². The van der Waals surface area contributed by atoms with Gasteiger partial charge in [-0.2, -0.15) is 0 Å². The summed E-state index contributed by atoms with van der Waals surface area (Å²) >= 11 is 1.64. The van der Waals surface area contributed by atoms with Gasteiger partial charge in [0.2, 0.25) is 0 Å². The lowest BCUT2D eigenvalue weighted by atomic mass is 9.84. The summed E-state index contributed by atoms with van der Waals surface area (Å²) < 4.78 is 5.37. The molecule has 162 valence electrons. The molecule has 1 heterocycles. The van der Waals surface area contributed by atoms with E-state index in [1.165, 1.54) is 11.1 Å². The minimum absolute atomic E-state index is 0. The van der Waals surface area contributed by atoms with Crippen LogP contribution in [0.4, 0.5) is 0 Å².